The smallest absolute Gasteiger partial charge is 0.367 e. The maximum Gasteiger partial charge on any atom is 0.551 e. The van der Waals surface area contributed by atoms with Crippen LogP contribution in [0.4, 0.5) is 0 Å². The Labute approximate surface area is 65.9 Å². The fraction of sp³-hybridized carbons (Fsp3) is 0.750. The van der Waals surface area contributed by atoms with Gasteiger partial charge in [-0.05, 0) is 4.76 Å². The Balaban J connectivity index is 4.29. The third-order valence-electron chi connectivity index (χ3n) is 0.936. The molecule has 0 rings (SSSR count). The van der Waals surface area contributed by atoms with Gasteiger partial charge >= 0.3 is 8.09 Å². The molecule has 0 heterocycles. The first-order valence-electron chi connectivity index (χ1n) is 2.82. The molecule has 0 saturated carbocycles. The van der Waals surface area contributed by atoms with Gasteiger partial charge < -0.3 is 10.6 Å². The average molecular weight is 182 g/mol. The second kappa shape index (κ2) is 3.82. The largest absolute Gasteiger partial charge is 0.551 e. The van der Waals surface area contributed by atoms with Crippen molar-refractivity contribution in [2.75, 3.05) is 21.2 Å². The van der Waals surface area contributed by atoms with Crippen LogP contribution in [0.2, 0.25) is 0 Å². The lowest BCUT2D eigenvalue weighted by Crippen LogP contribution is -2.30. The molecule has 66 valence electrons. The lowest BCUT2D eigenvalue weighted by atomic mass is 10.8. The molecule has 0 unspecified atom stereocenters. The molecule has 0 fully saturated rings. The number of nitrogens with two attached hydrogens (primary N) is 1. The van der Waals surface area contributed by atoms with Gasteiger partial charge in [0.05, 0.1) is 7.11 Å². The monoisotopic (exact) mass is 182 g/mol. The first-order chi connectivity index (χ1) is 4.89. The van der Waals surface area contributed by atoms with Crippen molar-refractivity contribution in [3.05, 3.63) is 0 Å². The topological polar surface area (TPSA) is 91.3 Å². The summed E-state index contributed by atoms with van der Waals surface area (Å²) in [5, 5.41) is 0. The van der Waals surface area contributed by atoms with Gasteiger partial charge in [-0.1, -0.05) is 0 Å². The van der Waals surface area contributed by atoms with Crippen LogP contribution in [0.3, 0.4) is 0 Å². The van der Waals surface area contributed by atoms with Crippen LogP contribution >= 0.6 is 8.09 Å². The molecule has 0 aliphatic heterocycles. The van der Waals surface area contributed by atoms with Crippen molar-refractivity contribution in [2.24, 2.45) is 10.5 Å². The van der Waals surface area contributed by atoms with Crippen molar-refractivity contribution in [3.63, 3.8) is 0 Å². The van der Waals surface area contributed by atoms with Crippen LogP contribution in [0.15, 0.2) is 4.76 Å². The van der Waals surface area contributed by atoms with Crippen LogP contribution in [0.25, 0.3) is 0 Å². The van der Waals surface area contributed by atoms with Crippen LogP contribution < -0.4 is 5.73 Å². The quantitative estimate of drug-likeness (QED) is 0.294. The normalized spacial score (nSPS) is 13.4. The van der Waals surface area contributed by atoms with E-state index in [4.69, 9.17) is 15.5 Å². The van der Waals surface area contributed by atoms with E-state index in [1.807, 2.05) is 0 Å². The summed E-state index contributed by atoms with van der Waals surface area (Å²) >= 11 is 0. The Morgan fingerprint density at radius 3 is 2.27 bits per heavy atom. The standard InChI is InChI=1S/C4H13N3O3P/c1-7(2)4(5)6-11(8,9)10-3/h8-9H,1-3H3,(H2,5,6)/q+1. The summed E-state index contributed by atoms with van der Waals surface area (Å²) in [6.45, 7) is 0. The predicted molar refractivity (Wildman–Crippen MR) is 43.7 cm³/mol. The van der Waals surface area contributed by atoms with E-state index in [-0.39, 0.29) is 5.96 Å². The molecule has 0 aliphatic rings. The van der Waals surface area contributed by atoms with Crippen LogP contribution in [0.1, 0.15) is 0 Å². The van der Waals surface area contributed by atoms with Gasteiger partial charge in [0.2, 0.25) is 5.96 Å². The van der Waals surface area contributed by atoms with E-state index < -0.39 is 8.09 Å². The molecule has 11 heavy (non-hydrogen) atoms. The molecule has 0 aromatic rings. The summed E-state index contributed by atoms with van der Waals surface area (Å²) in [5.41, 5.74) is 5.28. The Morgan fingerprint density at radius 2 is 2.00 bits per heavy atom. The zero-order valence-electron chi connectivity index (χ0n) is 6.72. The molecule has 0 aliphatic carbocycles. The number of nitrogens with zero attached hydrogens (tertiary/aromatic N) is 2. The third kappa shape index (κ3) is 4.10. The number of rotatable bonds is 2. The molecule has 4 N–H and O–H groups in total. The Morgan fingerprint density at radius 1 is 1.55 bits per heavy atom. The highest BCUT2D eigenvalue weighted by Gasteiger charge is 2.35. The average Bonchev–Trinajstić information content (AvgIpc) is 1.87. The van der Waals surface area contributed by atoms with Crippen molar-refractivity contribution in [3.8, 4) is 0 Å². The molecule has 0 aromatic carbocycles. The van der Waals surface area contributed by atoms with Crippen LogP contribution in [-0.4, -0.2) is 41.9 Å². The lowest BCUT2D eigenvalue weighted by molar-refractivity contribution is 0.279. The predicted octanol–water partition coefficient (Wildman–Crippen LogP) is -0.829. The van der Waals surface area contributed by atoms with Crippen LogP contribution in [0, 0.1) is 0 Å². The zero-order valence-corrected chi connectivity index (χ0v) is 7.62. The molecule has 0 amide bonds. The molecule has 0 atom stereocenters. The van der Waals surface area contributed by atoms with Crippen LogP contribution in [-0.2, 0) is 4.52 Å². The summed E-state index contributed by atoms with van der Waals surface area (Å²) < 4.78 is 7.63. The van der Waals surface area contributed by atoms with E-state index in [0.717, 1.165) is 7.11 Å². The zero-order chi connectivity index (χ0) is 9.07. The highest BCUT2D eigenvalue weighted by atomic mass is 31.2. The molecule has 6 nitrogen and oxygen atoms in total. The maximum absolute atomic E-state index is 8.89. The highest BCUT2D eigenvalue weighted by Crippen LogP contribution is 2.51. The summed E-state index contributed by atoms with van der Waals surface area (Å²) in [6.07, 6.45) is 0. The van der Waals surface area contributed by atoms with Gasteiger partial charge in [-0.15, -0.1) is 0 Å². The van der Waals surface area contributed by atoms with E-state index >= 15 is 0 Å². The summed E-state index contributed by atoms with van der Waals surface area (Å²) in [7, 11) is 0.808. The van der Waals surface area contributed by atoms with Crippen molar-refractivity contribution < 1.29 is 14.3 Å². The molecule has 0 saturated heterocycles. The fourth-order valence-corrected chi connectivity index (χ4v) is 0.791. The Hall–Kier alpha value is -0.420. The van der Waals surface area contributed by atoms with E-state index in [1.54, 1.807) is 14.1 Å². The van der Waals surface area contributed by atoms with Gasteiger partial charge in [-0.3, -0.25) is 0 Å². The molecular weight excluding hydrogens is 169 g/mol. The number of hydrogen-bond acceptors (Lipinski definition) is 4. The van der Waals surface area contributed by atoms with Gasteiger partial charge in [0.25, 0.3) is 0 Å². The molecule has 7 heteroatoms. The second-order valence-corrected chi connectivity index (χ2v) is 3.64. The number of guanidine groups is 1. The van der Waals surface area contributed by atoms with Crippen molar-refractivity contribution >= 4 is 14.1 Å². The van der Waals surface area contributed by atoms with Gasteiger partial charge in [0.15, 0.2) is 0 Å². The first kappa shape index (κ1) is 10.6. The minimum atomic E-state index is -3.61. The van der Waals surface area contributed by atoms with Gasteiger partial charge in [-0.25, -0.2) is 0 Å². The molecule has 0 spiro atoms. The maximum atomic E-state index is 8.89. The highest BCUT2D eigenvalue weighted by molar-refractivity contribution is 7.58. The minimum absolute atomic E-state index is 0.0187. The van der Waals surface area contributed by atoms with E-state index in [9.17, 15) is 0 Å². The fourth-order valence-electron chi connectivity index (χ4n) is 0.264. The Bertz CT molecular complexity index is 159. The van der Waals surface area contributed by atoms with Gasteiger partial charge in [-0.2, -0.15) is 14.3 Å². The van der Waals surface area contributed by atoms with Gasteiger partial charge in [0, 0.05) is 14.1 Å². The molecule has 0 aromatic heterocycles. The van der Waals surface area contributed by atoms with E-state index in [2.05, 4.69) is 9.29 Å². The summed E-state index contributed by atoms with van der Waals surface area (Å²) in [5.74, 6) is 0.0187. The van der Waals surface area contributed by atoms with Crippen molar-refractivity contribution in [2.45, 2.75) is 0 Å². The van der Waals surface area contributed by atoms with Gasteiger partial charge in [0.1, 0.15) is 0 Å². The van der Waals surface area contributed by atoms with E-state index in [0.29, 0.717) is 0 Å². The SMILES string of the molecule is CO[P+](O)(O)N=C(N)N(C)C. The molecular formula is C4H13N3O3P+. The second-order valence-electron chi connectivity index (χ2n) is 2.05. The number of hydrogen-bond donors (Lipinski definition) is 3. The lowest BCUT2D eigenvalue weighted by Gasteiger charge is -2.09. The molecule has 0 radical (unpaired) electrons. The minimum Gasteiger partial charge on any atom is -0.367 e. The van der Waals surface area contributed by atoms with E-state index in [1.165, 1.54) is 4.90 Å². The van der Waals surface area contributed by atoms with Crippen molar-refractivity contribution in [1.82, 2.24) is 4.90 Å². The Kier molecular flexibility index (Phi) is 3.68. The summed E-state index contributed by atoms with van der Waals surface area (Å²) in [4.78, 5) is 19.2. The molecule has 0 bridgehead atoms. The first-order valence-corrected chi connectivity index (χ1v) is 4.39. The third-order valence-corrected chi connectivity index (χ3v) is 1.89. The van der Waals surface area contributed by atoms with Crippen LogP contribution in [0.5, 0.6) is 0 Å². The van der Waals surface area contributed by atoms with Crippen molar-refractivity contribution in [1.29, 1.82) is 0 Å². The summed E-state index contributed by atoms with van der Waals surface area (Å²) in [6, 6.07) is 0.